The van der Waals surface area contributed by atoms with Gasteiger partial charge in [0.15, 0.2) is 0 Å². The molecule has 0 bridgehead atoms. The highest BCUT2D eigenvalue weighted by Crippen LogP contribution is 2.26. The third-order valence-corrected chi connectivity index (χ3v) is 5.68. The Morgan fingerprint density at radius 3 is 2.45 bits per heavy atom. The average molecular weight is 424 g/mol. The molecule has 31 heavy (non-hydrogen) atoms. The molecule has 164 valence electrons. The number of nitrogens with zero attached hydrogens (tertiary/aromatic N) is 3. The van der Waals surface area contributed by atoms with Gasteiger partial charge in [0.05, 0.1) is 13.7 Å². The van der Waals surface area contributed by atoms with Gasteiger partial charge in [-0.15, -0.1) is 0 Å². The van der Waals surface area contributed by atoms with Crippen molar-refractivity contribution < 1.29 is 19.1 Å². The molecule has 0 unspecified atom stereocenters. The second kappa shape index (κ2) is 9.85. The van der Waals surface area contributed by atoms with Gasteiger partial charge in [-0.05, 0) is 49.9 Å². The lowest BCUT2D eigenvalue weighted by Gasteiger charge is -2.32. The number of hydrogen-bond acceptors (Lipinski definition) is 7. The van der Waals surface area contributed by atoms with Crippen LogP contribution in [0.15, 0.2) is 58.1 Å². The number of likely N-dealkylation sites (N-methyl/N-ethyl adjacent to an activating group) is 1. The van der Waals surface area contributed by atoms with Crippen LogP contribution >= 0.6 is 0 Å². The second-order valence-corrected chi connectivity index (χ2v) is 7.83. The zero-order valence-corrected chi connectivity index (χ0v) is 18.1. The number of piperazine rings is 1. The third-order valence-electron chi connectivity index (χ3n) is 5.68. The van der Waals surface area contributed by atoms with E-state index < -0.39 is 0 Å². The van der Waals surface area contributed by atoms with Crippen LogP contribution in [-0.4, -0.2) is 68.5 Å². The number of benzene rings is 2. The first kappa shape index (κ1) is 21.2. The van der Waals surface area contributed by atoms with Crippen LogP contribution in [0.25, 0.3) is 22.3 Å². The minimum atomic E-state index is 0.447. The Hall–Kier alpha value is -3.03. The Labute approximate surface area is 182 Å². The molecule has 1 N–H and O–H groups in total. The van der Waals surface area contributed by atoms with Crippen LogP contribution in [0.2, 0.25) is 0 Å². The molecule has 1 saturated heterocycles. The molecule has 1 aliphatic rings. The molecule has 0 amide bonds. The smallest absolute Gasteiger partial charge is 0.140 e. The summed E-state index contributed by atoms with van der Waals surface area (Å²) in [5.74, 6) is 2.12. The summed E-state index contributed by atoms with van der Waals surface area (Å²) in [6, 6.07) is 14.9. The molecule has 0 spiro atoms. The Morgan fingerprint density at radius 2 is 1.74 bits per heavy atom. The molecule has 4 rings (SSSR count). The van der Waals surface area contributed by atoms with E-state index in [1.54, 1.807) is 19.2 Å². The molecule has 7 heteroatoms. The van der Waals surface area contributed by atoms with Gasteiger partial charge in [0.25, 0.3) is 0 Å². The van der Waals surface area contributed by atoms with Crippen LogP contribution in [-0.2, 0) is 0 Å². The summed E-state index contributed by atoms with van der Waals surface area (Å²) in [6.45, 7) is 6.31. The summed E-state index contributed by atoms with van der Waals surface area (Å²) in [4.78, 5) is 4.86. The van der Waals surface area contributed by atoms with E-state index >= 15 is 0 Å². The van der Waals surface area contributed by atoms with Crippen molar-refractivity contribution in [2.24, 2.45) is 5.16 Å². The lowest BCUT2D eigenvalue weighted by atomic mass is 10.1. The minimum Gasteiger partial charge on any atom is -0.497 e. The fourth-order valence-corrected chi connectivity index (χ4v) is 3.77. The van der Waals surface area contributed by atoms with Crippen molar-refractivity contribution >= 4 is 11.0 Å². The average Bonchev–Trinajstić information content (AvgIpc) is 2.82. The molecule has 2 heterocycles. The Kier molecular flexibility index (Phi) is 6.74. The number of fused-ring (bicyclic) bond motifs is 1. The van der Waals surface area contributed by atoms with Crippen molar-refractivity contribution in [3.63, 3.8) is 0 Å². The first-order valence-corrected chi connectivity index (χ1v) is 10.6. The predicted molar refractivity (Wildman–Crippen MR) is 120 cm³/mol. The van der Waals surface area contributed by atoms with Gasteiger partial charge in [-0.1, -0.05) is 5.16 Å². The quantitative estimate of drug-likeness (QED) is 0.357. The highest BCUT2D eigenvalue weighted by Gasteiger charge is 2.13. The van der Waals surface area contributed by atoms with Crippen molar-refractivity contribution in [1.82, 2.24) is 9.80 Å². The number of ether oxygens (including phenoxy) is 2. The van der Waals surface area contributed by atoms with Gasteiger partial charge >= 0.3 is 0 Å². The standard InChI is InChI=1S/C24H29N3O4/c1-26-11-13-27(14-12-26)10-3-15-30-19-6-4-18(5-7-19)23-17-22(25-28)21-9-8-20(29-2)16-24(21)31-23/h4-9,16-17,28H,3,10-15H2,1-2H3/b25-22+. The van der Waals surface area contributed by atoms with Gasteiger partial charge in [0, 0.05) is 55.8 Å². The van der Waals surface area contributed by atoms with E-state index in [0.717, 1.165) is 50.5 Å². The summed E-state index contributed by atoms with van der Waals surface area (Å²) in [5.41, 5.74) is 1.47. The summed E-state index contributed by atoms with van der Waals surface area (Å²) < 4.78 is 17.2. The summed E-state index contributed by atoms with van der Waals surface area (Å²) >= 11 is 0. The Bertz CT molecular complexity index is 1070. The monoisotopic (exact) mass is 423 g/mol. The molecular formula is C24H29N3O4. The maximum absolute atomic E-state index is 9.43. The lowest BCUT2D eigenvalue weighted by Crippen LogP contribution is -2.44. The first-order valence-electron chi connectivity index (χ1n) is 10.6. The van der Waals surface area contributed by atoms with E-state index in [2.05, 4.69) is 22.0 Å². The van der Waals surface area contributed by atoms with Crippen molar-refractivity contribution in [1.29, 1.82) is 0 Å². The highest BCUT2D eigenvalue weighted by molar-refractivity contribution is 5.79. The van der Waals surface area contributed by atoms with Gasteiger partial charge < -0.3 is 28.9 Å². The van der Waals surface area contributed by atoms with E-state index in [-0.39, 0.29) is 0 Å². The first-order chi connectivity index (χ1) is 15.2. The highest BCUT2D eigenvalue weighted by atomic mass is 16.5. The zero-order chi connectivity index (χ0) is 21.6. The maximum atomic E-state index is 9.43. The molecule has 0 aliphatic carbocycles. The number of rotatable bonds is 7. The van der Waals surface area contributed by atoms with Crippen LogP contribution in [0.1, 0.15) is 6.42 Å². The van der Waals surface area contributed by atoms with Crippen molar-refractivity contribution in [2.45, 2.75) is 6.42 Å². The molecule has 3 aromatic rings. The van der Waals surface area contributed by atoms with Crippen LogP contribution < -0.4 is 14.8 Å². The molecular weight excluding hydrogens is 394 g/mol. The molecule has 0 radical (unpaired) electrons. The maximum Gasteiger partial charge on any atom is 0.140 e. The van der Waals surface area contributed by atoms with Crippen molar-refractivity contribution in [2.75, 3.05) is 53.5 Å². The SMILES string of the molecule is COc1ccc2/c(=N/O)cc(-c3ccc(OCCCN4CCN(C)CC4)cc3)oc2c1. The van der Waals surface area contributed by atoms with Gasteiger partial charge in [-0.2, -0.15) is 0 Å². The summed E-state index contributed by atoms with van der Waals surface area (Å²) in [5, 5.41) is 14.0. The van der Waals surface area contributed by atoms with Crippen LogP contribution in [0.4, 0.5) is 0 Å². The molecule has 7 nitrogen and oxygen atoms in total. The largest absolute Gasteiger partial charge is 0.497 e. The van der Waals surface area contributed by atoms with Crippen LogP contribution in [0.5, 0.6) is 11.5 Å². The van der Waals surface area contributed by atoms with Crippen LogP contribution in [0.3, 0.4) is 0 Å². The predicted octanol–water partition coefficient (Wildman–Crippen LogP) is 3.41. The second-order valence-electron chi connectivity index (χ2n) is 7.83. The lowest BCUT2D eigenvalue weighted by molar-refractivity contribution is 0.145. The van der Waals surface area contributed by atoms with Gasteiger partial charge in [0.1, 0.15) is 28.2 Å². The molecule has 1 aliphatic heterocycles. The fraction of sp³-hybridized carbons (Fsp3) is 0.375. The third kappa shape index (κ3) is 5.18. The Balaban J connectivity index is 1.40. The number of hydrogen-bond donors (Lipinski definition) is 1. The van der Waals surface area contributed by atoms with Gasteiger partial charge in [0.2, 0.25) is 0 Å². The Morgan fingerprint density at radius 1 is 1.00 bits per heavy atom. The van der Waals surface area contributed by atoms with E-state index in [0.29, 0.717) is 34.4 Å². The fourth-order valence-electron chi connectivity index (χ4n) is 3.77. The topological polar surface area (TPSA) is 70.7 Å². The van der Waals surface area contributed by atoms with E-state index in [1.807, 2.05) is 36.4 Å². The van der Waals surface area contributed by atoms with Crippen molar-refractivity contribution in [3.8, 4) is 22.8 Å². The molecule has 2 aromatic carbocycles. The zero-order valence-electron chi connectivity index (χ0n) is 18.1. The molecule has 0 saturated carbocycles. The van der Waals surface area contributed by atoms with Gasteiger partial charge in [-0.3, -0.25) is 0 Å². The molecule has 0 atom stereocenters. The number of methoxy groups -OCH3 is 1. The van der Waals surface area contributed by atoms with E-state index in [1.165, 1.54) is 0 Å². The summed E-state index contributed by atoms with van der Waals surface area (Å²) in [7, 11) is 3.78. The van der Waals surface area contributed by atoms with Crippen molar-refractivity contribution in [3.05, 3.63) is 53.9 Å². The minimum absolute atomic E-state index is 0.447. The van der Waals surface area contributed by atoms with E-state index in [9.17, 15) is 5.21 Å². The van der Waals surface area contributed by atoms with Gasteiger partial charge in [-0.25, -0.2) is 0 Å². The summed E-state index contributed by atoms with van der Waals surface area (Å²) in [6.07, 6.45) is 1.01. The van der Waals surface area contributed by atoms with Crippen LogP contribution in [0, 0.1) is 0 Å². The molecule has 1 fully saturated rings. The normalized spacial score (nSPS) is 16.0. The van der Waals surface area contributed by atoms with E-state index in [4.69, 9.17) is 13.9 Å². The molecule has 1 aromatic heterocycles.